The molecule has 0 unspecified atom stereocenters. The van der Waals surface area contributed by atoms with E-state index in [0.717, 1.165) is 69.5 Å². The molecule has 2 aromatic carbocycles. The van der Waals surface area contributed by atoms with Crippen molar-refractivity contribution < 1.29 is 0 Å². The van der Waals surface area contributed by atoms with E-state index in [2.05, 4.69) is 78.2 Å². The number of fused-ring (bicyclic) bond motifs is 2. The number of hydrogen-bond donors (Lipinski definition) is 3. The first-order chi connectivity index (χ1) is 17.3. The predicted octanol–water partition coefficient (Wildman–Crippen LogP) is 4.64. The number of anilines is 2. The highest BCUT2D eigenvalue weighted by Gasteiger charge is 2.17. The molecule has 2 fully saturated rings. The molecule has 0 saturated carbocycles. The minimum Gasteiger partial charge on any atom is -0.352 e. The number of piperazine rings is 2. The highest BCUT2D eigenvalue weighted by molar-refractivity contribution is 5.91. The Bertz CT molecular complexity index is 1140. The number of aryl methyl sites for hydroxylation is 1. The van der Waals surface area contributed by atoms with Crippen LogP contribution < -0.4 is 20.4 Å². The highest BCUT2D eigenvalue weighted by Crippen LogP contribution is 2.25. The molecule has 2 saturated heterocycles. The van der Waals surface area contributed by atoms with Crippen molar-refractivity contribution in [2.45, 2.75) is 35.1 Å². The Morgan fingerprint density at radius 3 is 1.78 bits per heavy atom. The van der Waals surface area contributed by atoms with Crippen molar-refractivity contribution in [1.29, 1.82) is 0 Å². The molecule has 198 valence electrons. The number of aromatic amines is 1. The zero-order valence-electron chi connectivity index (χ0n) is 22.0. The average Bonchev–Trinajstić information content (AvgIpc) is 3.54. The quantitative estimate of drug-likeness (QED) is 0.377. The van der Waals surface area contributed by atoms with Gasteiger partial charge in [0.05, 0.1) is 11.0 Å². The van der Waals surface area contributed by atoms with Gasteiger partial charge in [0.1, 0.15) is 0 Å². The van der Waals surface area contributed by atoms with Crippen LogP contribution in [0.25, 0.3) is 21.8 Å². The Labute approximate surface area is 217 Å². The van der Waals surface area contributed by atoms with Crippen molar-refractivity contribution in [3.63, 3.8) is 0 Å². The van der Waals surface area contributed by atoms with E-state index in [0.29, 0.717) is 0 Å². The minimum absolute atomic E-state index is 0. The van der Waals surface area contributed by atoms with Gasteiger partial charge in [-0.1, -0.05) is 59.4 Å². The maximum atomic E-state index is 4.63. The summed E-state index contributed by atoms with van der Waals surface area (Å²) in [6, 6.07) is 16.7. The summed E-state index contributed by atoms with van der Waals surface area (Å²) in [4.78, 5) is 4.69. The molecule has 2 aliphatic heterocycles. The summed E-state index contributed by atoms with van der Waals surface area (Å²) >= 11 is 0. The molecule has 0 bridgehead atoms. The summed E-state index contributed by atoms with van der Waals surface area (Å²) in [5, 5.41) is 21.3. The maximum Gasteiger partial charge on any atom is 0.158 e. The van der Waals surface area contributed by atoms with E-state index in [4.69, 9.17) is 0 Å². The molecule has 0 spiro atoms. The van der Waals surface area contributed by atoms with Gasteiger partial charge in [-0.05, 0) is 24.3 Å². The zero-order valence-corrected chi connectivity index (χ0v) is 22.0. The van der Waals surface area contributed by atoms with Crippen LogP contribution in [0.1, 0.15) is 35.1 Å². The zero-order chi connectivity index (χ0) is 25.0. The van der Waals surface area contributed by atoms with Gasteiger partial charge in [-0.25, -0.2) is 0 Å². The van der Waals surface area contributed by atoms with Crippen LogP contribution in [0.5, 0.6) is 0 Å². The van der Waals surface area contributed by atoms with Gasteiger partial charge in [-0.15, -0.1) is 0 Å². The van der Waals surface area contributed by atoms with Gasteiger partial charge in [0, 0.05) is 70.2 Å². The third kappa shape index (κ3) is 6.77. The van der Waals surface area contributed by atoms with Crippen LogP contribution in [0.4, 0.5) is 11.6 Å². The molecule has 4 aromatic rings. The third-order valence-corrected chi connectivity index (χ3v) is 6.02. The number of H-pyrrole nitrogens is 1. The van der Waals surface area contributed by atoms with Crippen molar-refractivity contribution in [3.05, 3.63) is 48.5 Å². The van der Waals surface area contributed by atoms with Crippen molar-refractivity contribution in [2.75, 3.05) is 62.2 Å². The Kier molecular flexibility index (Phi) is 12.2. The summed E-state index contributed by atoms with van der Waals surface area (Å²) in [5.74, 6) is 2.21. The molecule has 0 radical (unpaired) electrons. The lowest BCUT2D eigenvalue weighted by Gasteiger charge is -2.27. The second-order valence-electron chi connectivity index (χ2n) is 8.03. The highest BCUT2D eigenvalue weighted by atomic mass is 15.4. The molecule has 0 atom stereocenters. The van der Waals surface area contributed by atoms with Crippen molar-refractivity contribution in [2.24, 2.45) is 7.05 Å². The lowest BCUT2D eigenvalue weighted by molar-refractivity contribution is 0.582. The maximum absolute atomic E-state index is 4.63. The molecule has 8 nitrogen and oxygen atoms in total. The molecule has 4 heterocycles. The molecule has 0 amide bonds. The number of hydrogen-bond acceptors (Lipinski definition) is 6. The number of aromatic nitrogens is 4. The lowest BCUT2D eigenvalue weighted by atomic mass is 10.2. The Hall–Kier alpha value is -3.10. The number of rotatable bonds is 2. The molecular formula is C28H46N8. The van der Waals surface area contributed by atoms with Crippen LogP contribution in [0, 0.1) is 0 Å². The fraction of sp³-hybridized carbons (Fsp3) is 0.500. The molecule has 6 rings (SSSR count). The van der Waals surface area contributed by atoms with Gasteiger partial charge >= 0.3 is 0 Å². The van der Waals surface area contributed by atoms with Gasteiger partial charge in [0.15, 0.2) is 11.6 Å². The normalized spacial score (nSPS) is 15.0. The van der Waals surface area contributed by atoms with Gasteiger partial charge in [0.25, 0.3) is 0 Å². The Morgan fingerprint density at radius 1 is 0.667 bits per heavy atom. The first-order valence-electron chi connectivity index (χ1n) is 13.1. The molecule has 2 aromatic heterocycles. The fourth-order valence-electron chi connectivity index (χ4n) is 4.37. The van der Waals surface area contributed by atoms with Crippen LogP contribution in [0.2, 0.25) is 0 Å². The second-order valence-corrected chi connectivity index (χ2v) is 8.03. The van der Waals surface area contributed by atoms with Crippen molar-refractivity contribution >= 4 is 33.4 Å². The van der Waals surface area contributed by atoms with Crippen LogP contribution in [0.3, 0.4) is 0 Å². The van der Waals surface area contributed by atoms with Crippen LogP contribution in [-0.4, -0.2) is 72.3 Å². The van der Waals surface area contributed by atoms with Gasteiger partial charge in [-0.3, -0.25) is 9.78 Å². The third-order valence-electron chi connectivity index (χ3n) is 6.02. The summed E-state index contributed by atoms with van der Waals surface area (Å²) in [6.07, 6.45) is 0. The van der Waals surface area contributed by atoms with E-state index in [1.165, 1.54) is 16.3 Å². The molecule has 8 heteroatoms. The summed E-state index contributed by atoms with van der Waals surface area (Å²) in [6.45, 7) is 16.3. The van der Waals surface area contributed by atoms with E-state index in [1.54, 1.807) is 0 Å². The SMILES string of the molecule is C.CC.CC.Cn1nc(N2CCNCC2)c2ccccc21.c1ccc2c(N3CCNCC3)n[nH]c2c1. The summed E-state index contributed by atoms with van der Waals surface area (Å²) < 4.78 is 1.96. The number of nitrogens with one attached hydrogen (secondary N) is 3. The Morgan fingerprint density at radius 2 is 1.17 bits per heavy atom. The van der Waals surface area contributed by atoms with Gasteiger partial charge < -0.3 is 20.4 Å². The topological polar surface area (TPSA) is 77.0 Å². The molecule has 36 heavy (non-hydrogen) atoms. The first-order valence-corrected chi connectivity index (χ1v) is 13.1. The molecule has 2 aliphatic rings. The van der Waals surface area contributed by atoms with Crippen LogP contribution in [0.15, 0.2) is 48.5 Å². The monoisotopic (exact) mass is 494 g/mol. The smallest absolute Gasteiger partial charge is 0.158 e. The standard InChI is InChI=1S/C12H16N4.C11H14N4.2C2H6.CH4/c1-15-11-5-3-2-4-10(11)12(14-15)16-8-6-13-7-9-16;1-2-4-10-9(3-1)11(14-13-10)15-7-5-12-6-8-15;2*1-2;/h2-5,13H,6-9H2,1H3;1-4,12H,5-8H2,(H,13,14);2*1-2H3;1H4. The van der Waals surface area contributed by atoms with Crippen LogP contribution >= 0.6 is 0 Å². The second kappa shape index (κ2) is 15.1. The van der Waals surface area contributed by atoms with Gasteiger partial charge in [0.2, 0.25) is 0 Å². The Balaban J connectivity index is 0.000000218. The number of benzene rings is 2. The van der Waals surface area contributed by atoms with E-state index >= 15 is 0 Å². The average molecular weight is 495 g/mol. The molecular weight excluding hydrogens is 448 g/mol. The fourth-order valence-corrected chi connectivity index (χ4v) is 4.37. The lowest BCUT2D eigenvalue weighted by Crippen LogP contribution is -2.43. The van der Waals surface area contributed by atoms with E-state index in [-0.39, 0.29) is 7.43 Å². The first kappa shape index (κ1) is 29.1. The van der Waals surface area contributed by atoms with Crippen molar-refractivity contribution in [1.82, 2.24) is 30.6 Å². The van der Waals surface area contributed by atoms with Crippen molar-refractivity contribution in [3.8, 4) is 0 Å². The number of nitrogens with zero attached hydrogens (tertiary/aromatic N) is 5. The van der Waals surface area contributed by atoms with Gasteiger partial charge in [-0.2, -0.15) is 10.2 Å². The molecule has 0 aliphatic carbocycles. The summed E-state index contributed by atoms with van der Waals surface area (Å²) in [7, 11) is 2.01. The molecule has 3 N–H and O–H groups in total. The predicted molar refractivity (Wildman–Crippen MR) is 156 cm³/mol. The number of para-hydroxylation sites is 2. The van der Waals surface area contributed by atoms with E-state index in [1.807, 2.05) is 45.5 Å². The largest absolute Gasteiger partial charge is 0.352 e. The minimum atomic E-state index is 0. The van der Waals surface area contributed by atoms with Crippen LogP contribution in [-0.2, 0) is 7.05 Å². The van der Waals surface area contributed by atoms with E-state index < -0.39 is 0 Å². The van der Waals surface area contributed by atoms with E-state index in [9.17, 15) is 0 Å². The summed E-state index contributed by atoms with van der Waals surface area (Å²) in [5.41, 5.74) is 2.32.